The minimum atomic E-state index is -1.17. The number of carbonyl (C=O) groups excluding carboxylic acids is 3. The van der Waals surface area contributed by atoms with Crippen LogP contribution in [0.3, 0.4) is 0 Å². The van der Waals surface area contributed by atoms with Gasteiger partial charge in [-0.05, 0) is 43.4 Å². The van der Waals surface area contributed by atoms with Crippen molar-refractivity contribution in [3.8, 4) is 0 Å². The topological polar surface area (TPSA) is 78.5 Å². The van der Waals surface area contributed by atoms with Gasteiger partial charge in [-0.2, -0.15) is 0 Å². The highest BCUT2D eigenvalue weighted by Crippen LogP contribution is 2.30. The lowest BCUT2D eigenvalue weighted by Crippen LogP contribution is -2.47. The van der Waals surface area contributed by atoms with Gasteiger partial charge < -0.3 is 10.6 Å². The zero-order valence-corrected chi connectivity index (χ0v) is 16.6. The Bertz CT molecular complexity index is 738. The first-order valence-corrected chi connectivity index (χ1v) is 9.80. The number of urea groups is 1. The normalized spacial score (nSPS) is 28.8. The summed E-state index contributed by atoms with van der Waals surface area (Å²) in [6.07, 6.45) is 4.32. The van der Waals surface area contributed by atoms with Crippen LogP contribution in [-0.2, 0) is 15.1 Å². The fraction of sp³-hybridized carbons (Fsp3) is 0.526. The van der Waals surface area contributed by atoms with Crippen LogP contribution in [0.15, 0.2) is 28.7 Å². The Labute approximate surface area is 161 Å². The van der Waals surface area contributed by atoms with Gasteiger partial charge >= 0.3 is 6.03 Å². The molecule has 2 fully saturated rings. The van der Waals surface area contributed by atoms with Gasteiger partial charge in [0.1, 0.15) is 12.1 Å². The Balaban J connectivity index is 1.70. The molecule has 1 heterocycles. The van der Waals surface area contributed by atoms with Crippen LogP contribution in [0, 0.1) is 5.92 Å². The predicted octanol–water partition coefficient (Wildman–Crippen LogP) is 2.91. The average Bonchev–Trinajstić information content (AvgIpc) is 2.81. The summed E-state index contributed by atoms with van der Waals surface area (Å²) in [6, 6.07) is 6.83. The molecule has 1 aliphatic carbocycles. The summed E-state index contributed by atoms with van der Waals surface area (Å²) >= 11 is 3.38. The molecule has 0 spiro atoms. The average molecular weight is 422 g/mol. The summed E-state index contributed by atoms with van der Waals surface area (Å²) in [6.45, 7) is 3.54. The SMILES string of the molecule is C[C@H]1CCCC[C@H]1NC(=O)CN1C(=O)N[C@](C)(c2cccc(Br)c2)C1=O. The molecule has 26 heavy (non-hydrogen) atoms. The summed E-state index contributed by atoms with van der Waals surface area (Å²) in [5.74, 6) is -0.277. The number of halogens is 1. The van der Waals surface area contributed by atoms with E-state index in [0.717, 1.165) is 28.6 Å². The number of benzene rings is 1. The van der Waals surface area contributed by atoms with Crippen molar-refractivity contribution < 1.29 is 14.4 Å². The Kier molecular flexibility index (Phi) is 5.37. The maximum Gasteiger partial charge on any atom is 0.325 e. The molecule has 0 bridgehead atoms. The van der Waals surface area contributed by atoms with E-state index in [-0.39, 0.29) is 18.5 Å². The Hall–Kier alpha value is -1.89. The standard InChI is InChI=1S/C19H24BrN3O3/c1-12-6-3-4-9-15(12)21-16(24)11-23-17(25)19(2,22-18(23)26)13-7-5-8-14(20)10-13/h5,7-8,10,12,15H,3-4,6,9,11H2,1-2H3,(H,21,24)(H,22,26)/t12-,15+,19+/m0/s1. The third-order valence-electron chi connectivity index (χ3n) is 5.44. The summed E-state index contributed by atoms with van der Waals surface area (Å²) in [7, 11) is 0. The van der Waals surface area contributed by atoms with Crippen molar-refractivity contribution in [2.75, 3.05) is 6.54 Å². The number of hydrogen-bond donors (Lipinski definition) is 2. The van der Waals surface area contributed by atoms with Gasteiger partial charge in [0.15, 0.2) is 0 Å². The molecule has 0 radical (unpaired) electrons. The number of amides is 4. The molecule has 1 saturated heterocycles. The maximum atomic E-state index is 12.9. The van der Waals surface area contributed by atoms with Gasteiger partial charge in [-0.15, -0.1) is 0 Å². The number of carbonyl (C=O) groups is 3. The number of hydrogen-bond acceptors (Lipinski definition) is 3. The first kappa shape index (κ1) is 18.9. The molecule has 3 rings (SSSR count). The molecule has 7 heteroatoms. The molecule has 2 N–H and O–H groups in total. The van der Waals surface area contributed by atoms with Crippen molar-refractivity contribution in [2.24, 2.45) is 5.92 Å². The van der Waals surface area contributed by atoms with Crippen molar-refractivity contribution in [1.29, 1.82) is 0 Å². The van der Waals surface area contributed by atoms with Crippen molar-refractivity contribution in [1.82, 2.24) is 15.5 Å². The highest BCUT2D eigenvalue weighted by Gasteiger charge is 2.49. The molecular formula is C19H24BrN3O3. The summed E-state index contributed by atoms with van der Waals surface area (Å²) in [4.78, 5) is 38.7. The molecule has 0 aromatic heterocycles. The van der Waals surface area contributed by atoms with E-state index in [4.69, 9.17) is 0 Å². The van der Waals surface area contributed by atoms with E-state index < -0.39 is 17.5 Å². The molecular weight excluding hydrogens is 398 g/mol. The van der Waals surface area contributed by atoms with Crippen LogP contribution in [0.1, 0.15) is 45.1 Å². The number of nitrogens with zero attached hydrogens (tertiary/aromatic N) is 1. The summed E-state index contributed by atoms with van der Waals surface area (Å²) < 4.78 is 0.820. The smallest absolute Gasteiger partial charge is 0.325 e. The van der Waals surface area contributed by atoms with Crippen molar-refractivity contribution in [3.63, 3.8) is 0 Å². The van der Waals surface area contributed by atoms with E-state index in [1.54, 1.807) is 19.1 Å². The molecule has 1 aromatic rings. The lowest BCUT2D eigenvalue weighted by molar-refractivity contribution is -0.135. The minimum absolute atomic E-state index is 0.119. The second kappa shape index (κ2) is 7.39. The second-order valence-electron chi connectivity index (χ2n) is 7.39. The van der Waals surface area contributed by atoms with Crippen LogP contribution in [0.4, 0.5) is 4.79 Å². The Morgan fingerprint density at radius 1 is 1.35 bits per heavy atom. The molecule has 1 aromatic carbocycles. The maximum absolute atomic E-state index is 12.9. The largest absolute Gasteiger partial charge is 0.352 e. The van der Waals surface area contributed by atoms with Gasteiger partial charge in [0.25, 0.3) is 5.91 Å². The van der Waals surface area contributed by atoms with Crippen LogP contribution < -0.4 is 10.6 Å². The van der Waals surface area contributed by atoms with E-state index >= 15 is 0 Å². The summed E-state index contributed by atoms with van der Waals surface area (Å²) in [5, 5.41) is 5.72. The molecule has 1 aliphatic heterocycles. The second-order valence-corrected chi connectivity index (χ2v) is 8.31. The van der Waals surface area contributed by atoms with E-state index in [1.165, 1.54) is 6.42 Å². The van der Waals surface area contributed by atoms with E-state index in [1.807, 2.05) is 12.1 Å². The van der Waals surface area contributed by atoms with Crippen LogP contribution in [0.2, 0.25) is 0 Å². The fourth-order valence-electron chi connectivity index (χ4n) is 3.76. The van der Waals surface area contributed by atoms with Gasteiger partial charge in [-0.3, -0.25) is 14.5 Å². The Morgan fingerprint density at radius 2 is 2.08 bits per heavy atom. The predicted molar refractivity (Wildman–Crippen MR) is 101 cm³/mol. The van der Waals surface area contributed by atoms with Crippen molar-refractivity contribution >= 4 is 33.8 Å². The molecule has 6 nitrogen and oxygen atoms in total. The van der Waals surface area contributed by atoms with E-state index in [9.17, 15) is 14.4 Å². The first-order chi connectivity index (χ1) is 12.3. The third kappa shape index (κ3) is 3.63. The van der Waals surface area contributed by atoms with Crippen LogP contribution in [-0.4, -0.2) is 35.3 Å². The summed E-state index contributed by atoms with van der Waals surface area (Å²) in [5.41, 5.74) is -0.492. The van der Waals surface area contributed by atoms with Gasteiger partial charge in [-0.1, -0.05) is 47.8 Å². The van der Waals surface area contributed by atoms with E-state index in [0.29, 0.717) is 11.5 Å². The van der Waals surface area contributed by atoms with Gasteiger partial charge in [-0.25, -0.2) is 4.79 Å². The van der Waals surface area contributed by atoms with Crippen LogP contribution in [0.5, 0.6) is 0 Å². The number of imide groups is 1. The van der Waals surface area contributed by atoms with Crippen molar-refractivity contribution in [3.05, 3.63) is 34.3 Å². The zero-order chi connectivity index (χ0) is 18.9. The highest BCUT2D eigenvalue weighted by atomic mass is 79.9. The van der Waals surface area contributed by atoms with Crippen LogP contribution >= 0.6 is 15.9 Å². The Morgan fingerprint density at radius 3 is 2.77 bits per heavy atom. The number of nitrogens with one attached hydrogen (secondary N) is 2. The molecule has 140 valence electrons. The van der Waals surface area contributed by atoms with Gasteiger partial charge in [0.2, 0.25) is 5.91 Å². The lowest BCUT2D eigenvalue weighted by Gasteiger charge is -2.30. The molecule has 1 saturated carbocycles. The van der Waals surface area contributed by atoms with E-state index in [2.05, 4.69) is 33.5 Å². The highest BCUT2D eigenvalue weighted by molar-refractivity contribution is 9.10. The molecule has 4 amide bonds. The number of rotatable bonds is 4. The zero-order valence-electron chi connectivity index (χ0n) is 15.0. The third-order valence-corrected chi connectivity index (χ3v) is 5.93. The van der Waals surface area contributed by atoms with Crippen LogP contribution in [0.25, 0.3) is 0 Å². The molecule has 0 unspecified atom stereocenters. The van der Waals surface area contributed by atoms with Gasteiger partial charge in [0, 0.05) is 10.5 Å². The lowest BCUT2D eigenvalue weighted by atomic mass is 9.86. The van der Waals surface area contributed by atoms with Crippen molar-refractivity contribution in [2.45, 2.75) is 51.1 Å². The monoisotopic (exact) mass is 421 g/mol. The molecule has 3 atom stereocenters. The molecule has 2 aliphatic rings. The quantitative estimate of drug-likeness (QED) is 0.733. The first-order valence-electron chi connectivity index (χ1n) is 9.01. The fourth-order valence-corrected chi connectivity index (χ4v) is 4.16. The minimum Gasteiger partial charge on any atom is -0.352 e. The van der Waals surface area contributed by atoms with Gasteiger partial charge in [0.05, 0.1) is 0 Å².